The van der Waals surface area contributed by atoms with E-state index in [1.54, 1.807) is 4.90 Å². The van der Waals surface area contributed by atoms with E-state index < -0.39 is 0 Å². The first kappa shape index (κ1) is 18.4. The highest BCUT2D eigenvalue weighted by atomic mass is 35.5. The van der Waals surface area contributed by atoms with E-state index in [1.165, 1.54) is 11.3 Å². The van der Waals surface area contributed by atoms with E-state index in [0.29, 0.717) is 22.3 Å². The van der Waals surface area contributed by atoms with Gasteiger partial charge < -0.3 is 4.74 Å². The number of anilines is 1. The number of aryl methyl sites for hydroxylation is 2. The van der Waals surface area contributed by atoms with Gasteiger partial charge in [-0.05, 0) is 50.5 Å². The van der Waals surface area contributed by atoms with E-state index in [2.05, 4.69) is 4.98 Å². The average molecular weight is 401 g/mol. The Balaban J connectivity index is 1.75. The van der Waals surface area contributed by atoms with Gasteiger partial charge in [-0.25, -0.2) is 4.98 Å². The highest BCUT2D eigenvalue weighted by Gasteiger charge is 2.28. The first-order valence-corrected chi connectivity index (χ1v) is 10.3. The lowest BCUT2D eigenvalue weighted by Crippen LogP contribution is -2.37. The molecular weight excluding hydrogens is 380 g/mol. The summed E-state index contributed by atoms with van der Waals surface area (Å²) in [6, 6.07) is 11.6. The first-order chi connectivity index (χ1) is 13.0. The number of para-hydroxylation sites is 1. The molecule has 0 aliphatic carbocycles. The molecule has 1 saturated heterocycles. The van der Waals surface area contributed by atoms with Crippen LogP contribution >= 0.6 is 22.9 Å². The number of thiazole rings is 1. The zero-order valence-electron chi connectivity index (χ0n) is 15.4. The van der Waals surface area contributed by atoms with Crippen LogP contribution in [0.2, 0.25) is 5.02 Å². The van der Waals surface area contributed by atoms with Gasteiger partial charge >= 0.3 is 0 Å². The van der Waals surface area contributed by atoms with Crippen molar-refractivity contribution < 1.29 is 9.53 Å². The predicted octanol–water partition coefficient (Wildman–Crippen LogP) is 5.39. The Morgan fingerprint density at radius 3 is 2.89 bits per heavy atom. The van der Waals surface area contributed by atoms with Crippen molar-refractivity contribution in [3.8, 4) is 0 Å². The molecule has 4 rings (SSSR count). The van der Waals surface area contributed by atoms with Gasteiger partial charge in [-0.2, -0.15) is 0 Å². The minimum absolute atomic E-state index is 0.0434. The van der Waals surface area contributed by atoms with Crippen molar-refractivity contribution in [1.82, 2.24) is 4.98 Å². The first-order valence-electron chi connectivity index (χ1n) is 9.08. The molecule has 0 N–H and O–H groups in total. The third-order valence-electron chi connectivity index (χ3n) is 4.86. The summed E-state index contributed by atoms with van der Waals surface area (Å²) in [5, 5.41) is 1.27. The van der Waals surface area contributed by atoms with Gasteiger partial charge in [0.05, 0.1) is 22.4 Å². The van der Waals surface area contributed by atoms with Crippen LogP contribution in [0.3, 0.4) is 0 Å². The molecule has 2 heterocycles. The number of halogens is 1. The standard InChI is InChI=1S/C21H21ClN2O2S/c1-13-8-9-16(14(2)11-13)20(25)24(12-15-5-4-10-26-15)21-23-19-17(22)6-3-7-18(19)27-21/h3,6-9,11,15H,4-5,10,12H2,1-2H3. The van der Waals surface area contributed by atoms with Crippen LogP contribution in [0.25, 0.3) is 10.2 Å². The fourth-order valence-electron chi connectivity index (χ4n) is 3.46. The molecule has 0 saturated carbocycles. The number of nitrogens with zero attached hydrogens (tertiary/aromatic N) is 2. The molecule has 0 spiro atoms. The molecule has 6 heteroatoms. The van der Waals surface area contributed by atoms with E-state index >= 15 is 0 Å². The molecule has 27 heavy (non-hydrogen) atoms. The van der Waals surface area contributed by atoms with Crippen molar-refractivity contribution in [2.45, 2.75) is 32.8 Å². The van der Waals surface area contributed by atoms with Crippen molar-refractivity contribution in [2.24, 2.45) is 0 Å². The summed E-state index contributed by atoms with van der Waals surface area (Å²) in [5.74, 6) is -0.0434. The number of carbonyl (C=O) groups excluding carboxylic acids is 1. The van der Waals surface area contributed by atoms with Crippen LogP contribution in [0.5, 0.6) is 0 Å². The minimum Gasteiger partial charge on any atom is -0.376 e. The number of amides is 1. The van der Waals surface area contributed by atoms with Gasteiger partial charge in [0.2, 0.25) is 0 Å². The molecule has 140 valence electrons. The quantitative estimate of drug-likeness (QED) is 0.589. The summed E-state index contributed by atoms with van der Waals surface area (Å²) in [6.07, 6.45) is 2.03. The molecule has 0 bridgehead atoms. The lowest BCUT2D eigenvalue weighted by atomic mass is 10.0. The molecule has 0 radical (unpaired) electrons. The Kier molecular flexibility index (Phi) is 5.17. The smallest absolute Gasteiger partial charge is 0.260 e. The van der Waals surface area contributed by atoms with Crippen LogP contribution in [0, 0.1) is 13.8 Å². The third-order valence-corrected chi connectivity index (χ3v) is 6.21. The van der Waals surface area contributed by atoms with Gasteiger partial charge in [-0.3, -0.25) is 9.69 Å². The van der Waals surface area contributed by atoms with E-state index in [4.69, 9.17) is 16.3 Å². The number of carbonyl (C=O) groups is 1. The SMILES string of the molecule is Cc1ccc(C(=O)N(CC2CCCO2)c2nc3c(Cl)cccc3s2)c(C)c1. The number of benzene rings is 2. The molecule has 1 fully saturated rings. The zero-order chi connectivity index (χ0) is 19.0. The lowest BCUT2D eigenvalue weighted by Gasteiger charge is -2.24. The molecule has 3 aromatic rings. The average Bonchev–Trinajstić information content (AvgIpc) is 3.29. The van der Waals surface area contributed by atoms with Gasteiger partial charge in [0.25, 0.3) is 5.91 Å². The fourth-order valence-corrected chi connectivity index (χ4v) is 4.73. The number of rotatable bonds is 4. The largest absolute Gasteiger partial charge is 0.376 e. The number of hydrogen-bond donors (Lipinski definition) is 0. The summed E-state index contributed by atoms with van der Waals surface area (Å²) < 4.78 is 6.77. The molecule has 1 amide bonds. The highest BCUT2D eigenvalue weighted by Crippen LogP contribution is 2.34. The van der Waals surface area contributed by atoms with Crippen molar-refractivity contribution in [3.05, 3.63) is 58.1 Å². The number of ether oxygens (including phenoxy) is 1. The Labute approximate surface area is 167 Å². The van der Waals surface area contributed by atoms with Crippen LogP contribution in [-0.2, 0) is 4.74 Å². The zero-order valence-corrected chi connectivity index (χ0v) is 16.9. The summed E-state index contributed by atoms with van der Waals surface area (Å²) in [4.78, 5) is 19.9. The van der Waals surface area contributed by atoms with Crippen molar-refractivity contribution in [3.63, 3.8) is 0 Å². The normalized spacial score (nSPS) is 16.8. The van der Waals surface area contributed by atoms with E-state index in [0.717, 1.165) is 40.8 Å². The second-order valence-corrected chi connectivity index (χ2v) is 8.37. The van der Waals surface area contributed by atoms with Crippen LogP contribution in [0.1, 0.15) is 34.3 Å². The number of hydrogen-bond acceptors (Lipinski definition) is 4. The molecular formula is C21H21ClN2O2S. The van der Waals surface area contributed by atoms with E-state index in [1.807, 2.05) is 50.2 Å². The third kappa shape index (κ3) is 3.72. The second-order valence-electron chi connectivity index (χ2n) is 6.95. The second kappa shape index (κ2) is 7.58. The maximum absolute atomic E-state index is 13.4. The minimum atomic E-state index is -0.0434. The molecule has 1 aromatic heterocycles. The molecule has 4 nitrogen and oxygen atoms in total. The highest BCUT2D eigenvalue weighted by molar-refractivity contribution is 7.22. The van der Waals surface area contributed by atoms with Crippen molar-refractivity contribution >= 4 is 44.2 Å². The monoisotopic (exact) mass is 400 g/mol. The summed E-state index contributed by atoms with van der Waals surface area (Å²) in [7, 11) is 0. The molecule has 1 atom stereocenters. The van der Waals surface area contributed by atoms with Gasteiger partial charge in [-0.15, -0.1) is 0 Å². The Hall–Kier alpha value is -1.95. The lowest BCUT2D eigenvalue weighted by molar-refractivity contribution is 0.0917. The maximum Gasteiger partial charge on any atom is 0.260 e. The molecule has 1 aliphatic heterocycles. The van der Waals surface area contributed by atoms with Crippen LogP contribution in [0.4, 0.5) is 5.13 Å². The van der Waals surface area contributed by atoms with Crippen LogP contribution in [-0.4, -0.2) is 30.1 Å². The molecule has 1 aliphatic rings. The van der Waals surface area contributed by atoms with E-state index in [9.17, 15) is 4.79 Å². The van der Waals surface area contributed by atoms with Crippen LogP contribution < -0.4 is 4.90 Å². The van der Waals surface area contributed by atoms with Gasteiger partial charge in [0.1, 0.15) is 5.52 Å². The van der Waals surface area contributed by atoms with Gasteiger partial charge in [-0.1, -0.05) is 46.7 Å². The summed E-state index contributed by atoms with van der Waals surface area (Å²) >= 11 is 7.79. The van der Waals surface area contributed by atoms with Crippen molar-refractivity contribution in [1.29, 1.82) is 0 Å². The maximum atomic E-state index is 13.4. The topological polar surface area (TPSA) is 42.4 Å². The Morgan fingerprint density at radius 1 is 1.33 bits per heavy atom. The van der Waals surface area contributed by atoms with Crippen molar-refractivity contribution in [2.75, 3.05) is 18.1 Å². The summed E-state index contributed by atoms with van der Waals surface area (Å²) in [5.41, 5.74) is 3.55. The Bertz CT molecular complexity index is 995. The number of aromatic nitrogens is 1. The molecule has 1 unspecified atom stereocenters. The fraction of sp³-hybridized carbons (Fsp3) is 0.333. The van der Waals surface area contributed by atoms with Gasteiger partial charge in [0.15, 0.2) is 5.13 Å². The Morgan fingerprint density at radius 2 is 2.19 bits per heavy atom. The predicted molar refractivity (Wildman–Crippen MR) is 111 cm³/mol. The van der Waals surface area contributed by atoms with E-state index in [-0.39, 0.29) is 12.0 Å². The van der Waals surface area contributed by atoms with Crippen LogP contribution in [0.15, 0.2) is 36.4 Å². The number of fused-ring (bicyclic) bond motifs is 1. The molecule has 2 aromatic carbocycles. The van der Waals surface area contributed by atoms with Gasteiger partial charge in [0, 0.05) is 12.2 Å². The summed E-state index contributed by atoms with van der Waals surface area (Å²) in [6.45, 7) is 5.26.